The molecule has 0 aromatic heterocycles. The van der Waals surface area contributed by atoms with E-state index in [0.717, 1.165) is 18.4 Å². The zero-order valence-corrected chi connectivity index (χ0v) is 7.16. The first-order valence-corrected chi connectivity index (χ1v) is 4.36. The van der Waals surface area contributed by atoms with Gasteiger partial charge in [0, 0.05) is 5.56 Å². The van der Waals surface area contributed by atoms with Crippen LogP contribution in [0.2, 0.25) is 0 Å². The van der Waals surface area contributed by atoms with Crippen molar-refractivity contribution in [1.82, 2.24) is 5.48 Å². The number of carbonyl (C=O) groups is 1. The van der Waals surface area contributed by atoms with Gasteiger partial charge in [-0.15, -0.1) is 0 Å². The van der Waals surface area contributed by atoms with Gasteiger partial charge in [-0.3, -0.25) is 10.0 Å². The quantitative estimate of drug-likeness (QED) is 0.533. The summed E-state index contributed by atoms with van der Waals surface area (Å²) in [6.45, 7) is 0. The highest BCUT2D eigenvalue weighted by molar-refractivity contribution is 5.95. The Hall–Kier alpha value is -1.35. The molecule has 1 aromatic rings. The lowest BCUT2D eigenvalue weighted by Gasteiger charge is -2.05. The van der Waals surface area contributed by atoms with E-state index in [9.17, 15) is 4.79 Å². The Morgan fingerprint density at radius 1 is 1.38 bits per heavy atom. The number of carbonyl (C=O) groups excluding carboxylic acids is 1. The van der Waals surface area contributed by atoms with Gasteiger partial charge in [-0.25, -0.2) is 5.48 Å². The molecule has 3 nitrogen and oxygen atoms in total. The molecule has 1 saturated carbocycles. The summed E-state index contributed by atoms with van der Waals surface area (Å²) in [4.78, 5) is 11.2. The molecule has 0 heterocycles. The first-order chi connectivity index (χ1) is 6.33. The Bertz CT molecular complexity index is 331. The monoisotopic (exact) mass is 177 g/mol. The normalized spacial score (nSPS) is 15.5. The smallest absolute Gasteiger partial charge is 0.274 e. The highest BCUT2D eigenvalue weighted by atomic mass is 16.5. The van der Waals surface area contributed by atoms with Crippen molar-refractivity contribution in [2.24, 2.45) is 0 Å². The molecule has 2 N–H and O–H groups in total. The third kappa shape index (κ3) is 1.55. The Morgan fingerprint density at radius 3 is 2.69 bits per heavy atom. The van der Waals surface area contributed by atoms with Crippen molar-refractivity contribution < 1.29 is 10.0 Å². The minimum absolute atomic E-state index is 0.414. The summed E-state index contributed by atoms with van der Waals surface area (Å²) in [7, 11) is 0. The second-order valence-electron chi connectivity index (χ2n) is 3.30. The van der Waals surface area contributed by atoms with Crippen LogP contribution in [0.3, 0.4) is 0 Å². The summed E-state index contributed by atoms with van der Waals surface area (Å²) >= 11 is 0. The van der Waals surface area contributed by atoms with E-state index in [0.29, 0.717) is 11.5 Å². The molecular formula is C10H11NO2. The summed E-state index contributed by atoms with van der Waals surface area (Å²) in [5.41, 5.74) is 3.31. The summed E-state index contributed by atoms with van der Waals surface area (Å²) in [6, 6.07) is 7.40. The maximum atomic E-state index is 11.2. The molecule has 0 bridgehead atoms. The molecule has 1 aliphatic rings. The summed E-state index contributed by atoms with van der Waals surface area (Å²) in [5.74, 6) is 0.107. The fourth-order valence-electron chi connectivity index (χ4n) is 1.51. The van der Waals surface area contributed by atoms with E-state index in [2.05, 4.69) is 0 Å². The molecule has 68 valence electrons. The Labute approximate surface area is 76.3 Å². The summed E-state index contributed by atoms with van der Waals surface area (Å²) in [6.07, 6.45) is 2.30. The number of rotatable bonds is 2. The Kier molecular flexibility index (Phi) is 2.02. The molecule has 13 heavy (non-hydrogen) atoms. The van der Waals surface area contributed by atoms with Crippen LogP contribution >= 0.6 is 0 Å². The lowest BCUT2D eigenvalue weighted by atomic mass is 10.0. The van der Waals surface area contributed by atoms with Gasteiger partial charge in [-0.05, 0) is 30.4 Å². The van der Waals surface area contributed by atoms with Crippen LogP contribution < -0.4 is 5.48 Å². The predicted molar refractivity (Wildman–Crippen MR) is 47.7 cm³/mol. The minimum Gasteiger partial charge on any atom is -0.288 e. The number of hydrogen-bond donors (Lipinski definition) is 2. The van der Waals surface area contributed by atoms with Gasteiger partial charge in [0.05, 0.1) is 0 Å². The van der Waals surface area contributed by atoms with E-state index in [1.807, 2.05) is 12.1 Å². The molecule has 3 heteroatoms. The van der Waals surface area contributed by atoms with E-state index in [1.165, 1.54) is 0 Å². The van der Waals surface area contributed by atoms with Crippen molar-refractivity contribution in [3.8, 4) is 0 Å². The van der Waals surface area contributed by atoms with Gasteiger partial charge >= 0.3 is 0 Å². The second kappa shape index (κ2) is 3.18. The lowest BCUT2D eigenvalue weighted by Crippen LogP contribution is -2.19. The molecular weight excluding hydrogens is 166 g/mol. The first kappa shape index (κ1) is 8.26. The van der Waals surface area contributed by atoms with Gasteiger partial charge in [0.1, 0.15) is 0 Å². The average molecular weight is 177 g/mol. The van der Waals surface area contributed by atoms with Crippen molar-refractivity contribution in [2.45, 2.75) is 18.8 Å². The SMILES string of the molecule is O=C(NO)c1ccccc1C1CC1. The largest absolute Gasteiger partial charge is 0.288 e. The number of hydroxylamine groups is 1. The molecule has 1 fully saturated rings. The average Bonchev–Trinajstić information content (AvgIpc) is 3.00. The number of benzene rings is 1. The van der Waals surface area contributed by atoms with E-state index >= 15 is 0 Å². The van der Waals surface area contributed by atoms with Crippen LogP contribution in [0.4, 0.5) is 0 Å². The molecule has 1 aliphatic carbocycles. The number of hydrogen-bond acceptors (Lipinski definition) is 2. The van der Waals surface area contributed by atoms with Gasteiger partial charge in [0.2, 0.25) is 0 Å². The second-order valence-corrected chi connectivity index (χ2v) is 3.30. The Balaban J connectivity index is 2.36. The first-order valence-electron chi connectivity index (χ1n) is 4.36. The van der Waals surface area contributed by atoms with Crippen LogP contribution in [-0.2, 0) is 0 Å². The van der Waals surface area contributed by atoms with E-state index in [-0.39, 0.29) is 0 Å². The lowest BCUT2D eigenvalue weighted by molar-refractivity contribution is 0.0705. The van der Waals surface area contributed by atoms with Crippen molar-refractivity contribution in [3.05, 3.63) is 35.4 Å². The highest BCUT2D eigenvalue weighted by Gasteiger charge is 2.27. The van der Waals surface area contributed by atoms with Crippen LogP contribution in [0, 0.1) is 0 Å². The summed E-state index contributed by atoms with van der Waals surface area (Å²) < 4.78 is 0. The van der Waals surface area contributed by atoms with Crippen LogP contribution in [0.25, 0.3) is 0 Å². The van der Waals surface area contributed by atoms with Crippen molar-refractivity contribution >= 4 is 5.91 Å². The van der Waals surface area contributed by atoms with Gasteiger partial charge in [-0.1, -0.05) is 18.2 Å². The van der Waals surface area contributed by atoms with Gasteiger partial charge in [-0.2, -0.15) is 0 Å². The Morgan fingerprint density at radius 2 is 2.08 bits per heavy atom. The fourth-order valence-corrected chi connectivity index (χ4v) is 1.51. The zero-order valence-electron chi connectivity index (χ0n) is 7.16. The van der Waals surface area contributed by atoms with E-state index < -0.39 is 5.91 Å². The molecule has 0 atom stereocenters. The summed E-state index contributed by atoms with van der Waals surface area (Å²) in [5, 5.41) is 8.52. The molecule has 0 aliphatic heterocycles. The molecule has 0 spiro atoms. The third-order valence-electron chi connectivity index (χ3n) is 2.32. The van der Waals surface area contributed by atoms with Gasteiger partial charge in [0.15, 0.2) is 0 Å². The maximum absolute atomic E-state index is 11.2. The fraction of sp³-hybridized carbons (Fsp3) is 0.300. The van der Waals surface area contributed by atoms with Crippen molar-refractivity contribution in [2.75, 3.05) is 0 Å². The minimum atomic E-state index is -0.414. The predicted octanol–water partition coefficient (Wildman–Crippen LogP) is 1.68. The zero-order chi connectivity index (χ0) is 9.26. The van der Waals surface area contributed by atoms with Crippen molar-refractivity contribution in [1.29, 1.82) is 0 Å². The van der Waals surface area contributed by atoms with Crippen LogP contribution in [0.15, 0.2) is 24.3 Å². The topological polar surface area (TPSA) is 49.3 Å². The molecule has 0 saturated heterocycles. The van der Waals surface area contributed by atoms with Gasteiger partial charge < -0.3 is 0 Å². The van der Waals surface area contributed by atoms with Crippen molar-refractivity contribution in [3.63, 3.8) is 0 Å². The van der Waals surface area contributed by atoms with Gasteiger partial charge in [0.25, 0.3) is 5.91 Å². The van der Waals surface area contributed by atoms with E-state index in [4.69, 9.17) is 5.21 Å². The maximum Gasteiger partial charge on any atom is 0.274 e. The number of amides is 1. The molecule has 1 aromatic carbocycles. The molecule has 0 radical (unpaired) electrons. The molecule has 2 rings (SSSR count). The molecule has 1 amide bonds. The molecule has 0 unspecified atom stereocenters. The highest BCUT2D eigenvalue weighted by Crippen LogP contribution is 2.41. The number of nitrogens with one attached hydrogen (secondary N) is 1. The van der Waals surface area contributed by atoms with E-state index in [1.54, 1.807) is 17.6 Å². The van der Waals surface area contributed by atoms with Crippen LogP contribution in [-0.4, -0.2) is 11.1 Å². The van der Waals surface area contributed by atoms with Crippen LogP contribution in [0.1, 0.15) is 34.7 Å². The standard InChI is InChI=1S/C10H11NO2/c12-10(11-13)9-4-2-1-3-8(9)7-5-6-7/h1-4,7,13H,5-6H2,(H,11,12). The third-order valence-corrected chi connectivity index (χ3v) is 2.32. The van der Waals surface area contributed by atoms with Crippen LogP contribution in [0.5, 0.6) is 0 Å².